The molecule has 1 aliphatic heterocycles. The zero-order chi connectivity index (χ0) is 21.2. The topological polar surface area (TPSA) is 113 Å². The Balaban J connectivity index is 1.97. The highest BCUT2D eigenvalue weighted by Gasteiger charge is 2.45. The summed E-state index contributed by atoms with van der Waals surface area (Å²) in [6.07, 6.45) is 6.67. The molecule has 0 fully saturated rings. The number of hydrogen-bond acceptors (Lipinski definition) is 6. The summed E-state index contributed by atoms with van der Waals surface area (Å²) in [6.45, 7) is 3.57. The minimum atomic E-state index is -1.38. The molecule has 0 saturated carbocycles. The highest BCUT2D eigenvalue weighted by atomic mass is 19.1. The number of nitrogens with zero attached hydrogens (tertiary/aromatic N) is 3. The smallest absolute Gasteiger partial charge is 0.284 e. The van der Waals surface area contributed by atoms with Gasteiger partial charge in [0.25, 0.3) is 11.9 Å². The Morgan fingerprint density at radius 1 is 1.38 bits per heavy atom. The maximum Gasteiger partial charge on any atom is 0.284 e. The van der Waals surface area contributed by atoms with Gasteiger partial charge in [-0.1, -0.05) is 12.8 Å². The SMILES string of the molecule is C#C[C@]1(c2cc(NC(=O)c3ccc(C#N)cn3)ccc2F)N=C(N)O[C@H](C)[C@@H]1C. The number of anilines is 1. The van der Waals surface area contributed by atoms with Crippen molar-refractivity contribution in [3.8, 4) is 18.4 Å². The largest absolute Gasteiger partial charge is 0.462 e. The zero-order valence-corrected chi connectivity index (χ0v) is 15.8. The van der Waals surface area contributed by atoms with Crippen LogP contribution >= 0.6 is 0 Å². The maximum absolute atomic E-state index is 14.8. The number of amides is 1. The molecular formula is C21H18FN5O2. The Kier molecular flexibility index (Phi) is 5.20. The van der Waals surface area contributed by atoms with Crippen LogP contribution in [0.4, 0.5) is 10.1 Å². The molecule has 2 aromatic rings. The number of carbonyl (C=O) groups excluding carboxylic acids is 1. The van der Waals surface area contributed by atoms with Gasteiger partial charge >= 0.3 is 0 Å². The molecule has 1 aliphatic rings. The summed E-state index contributed by atoms with van der Waals surface area (Å²) in [6, 6.07) is 8.75. The van der Waals surface area contributed by atoms with E-state index in [1.165, 1.54) is 36.5 Å². The predicted molar refractivity (Wildman–Crippen MR) is 105 cm³/mol. The maximum atomic E-state index is 14.8. The van der Waals surface area contributed by atoms with Crippen LogP contribution in [-0.2, 0) is 10.3 Å². The number of halogens is 1. The van der Waals surface area contributed by atoms with Gasteiger partial charge in [0.05, 0.1) is 5.56 Å². The summed E-state index contributed by atoms with van der Waals surface area (Å²) >= 11 is 0. The van der Waals surface area contributed by atoms with Gasteiger partial charge in [-0.2, -0.15) is 5.26 Å². The molecule has 0 aliphatic carbocycles. The molecule has 0 spiro atoms. The number of pyridine rings is 1. The number of aliphatic imine (C=N–C) groups is 1. The quantitative estimate of drug-likeness (QED) is 0.781. The number of nitrogens with one attached hydrogen (secondary N) is 1. The second-order valence-corrected chi connectivity index (χ2v) is 6.67. The first kappa shape index (κ1) is 19.8. The fourth-order valence-corrected chi connectivity index (χ4v) is 3.17. The van der Waals surface area contributed by atoms with Crippen LogP contribution in [0.2, 0.25) is 0 Å². The molecule has 0 unspecified atom stereocenters. The van der Waals surface area contributed by atoms with Crippen molar-refractivity contribution in [3.05, 3.63) is 59.2 Å². The van der Waals surface area contributed by atoms with Gasteiger partial charge in [-0.15, -0.1) is 6.42 Å². The fraction of sp³-hybridized carbons (Fsp3) is 0.238. The second kappa shape index (κ2) is 7.61. The van der Waals surface area contributed by atoms with E-state index in [-0.39, 0.29) is 29.3 Å². The summed E-state index contributed by atoms with van der Waals surface area (Å²) in [5, 5.41) is 11.5. The van der Waals surface area contributed by atoms with Crippen LogP contribution in [0.3, 0.4) is 0 Å². The van der Waals surface area contributed by atoms with Gasteiger partial charge in [0.1, 0.15) is 23.7 Å². The van der Waals surface area contributed by atoms with Gasteiger partial charge < -0.3 is 15.8 Å². The van der Waals surface area contributed by atoms with Crippen molar-refractivity contribution in [1.82, 2.24) is 4.98 Å². The van der Waals surface area contributed by atoms with E-state index in [2.05, 4.69) is 21.2 Å². The molecule has 0 bridgehead atoms. The number of hydrogen-bond donors (Lipinski definition) is 2. The van der Waals surface area contributed by atoms with Crippen LogP contribution in [0, 0.1) is 35.4 Å². The molecule has 0 saturated heterocycles. The third kappa shape index (κ3) is 3.61. The van der Waals surface area contributed by atoms with Gasteiger partial charge in [-0.3, -0.25) is 4.79 Å². The lowest BCUT2D eigenvalue weighted by Crippen LogP contribution is -2.46. The van der Waals surface area contributed by atoms with Gasteiger partial charge in [0.2, 0.25) is 0 Å². The molecule has 3 N–H and O–H groups in total. The number of benzene rings is 1. The number of rotatable bonds is 3. The van der Waals surface area contributed by atoms with Crippen molar-refractivity contribution in [2.24, 2.45) is 16.6 Å². The average molecular weight is 391 g/mol. The summed E-state index contributed by atoms with van der Waals surface area (Å²) in [5.41, 5.74) is 5.24. The number of carbonyl (C=O) groups is 1. The van der Waals surface area contributed by atoms with Crippen molar-refractivity contribution in [3.63, 3.8) is 0 Å². The van der Waals surface area contributed by atoms with Crippen LogP contribution in [0.15, 0.2) is 41.5 Å². The van der Waals surface area contributed by atoms with Crippen LogP contribution < -0.4 is 11.1 Å². The van der Waals surface area contributed by atoms with E-state index in [0.717, 1.165) is 0 Å². The minimum absolute atomic E-state index is 0.108. The Bertz CT molecular complexity index is 1070. The summed E-state index contributed by atoms with van der Waals surface area (Å²) < 4.78 is 20.2. The first-order valence-electron chi connectivity index (χ1n) is 8.78. The number of nitriles is 1. The number of amidine groups is 1. The van der Waals surface area contributed by atoms with E-state index in [4.69, 9.17) is 22.2 Å². The highest BCUT2D eigenvalue weighted by Crippen LogP contribution is 2.41. The molecule has 146 valence electrons. The van der Waals surface area contributed by atoms with Crippen molar-refractivity contribution >= 4 is 17.6 Å². The summed E-state index contributed by atoms with van der Waals surface area (Å²) in [5.74, 6) is 1.10. The summed E-state index contributed by atoms with van der Waals surface area (Å²) in [4.78, 5) is 20.6. The first-order valence-corrected chi connectivity index (χ1v) is 8.78. The number of terminal acetylenes is 1. The molecule has 1 aromatic carbocycles. The Morgan fingerprint density at radius 2 is 2.14 bits per heavy atom. The number of ether oxygens (including phenoxy) is 1. The molecular weight excluding hydrogens is 373 g/mol. The van der Waals surface area contributed by atoms with Crippen molar-refractivity contribution < 1.29 is 13.9 Å². The first-order chi connectivity index (χ1) is 13.8. The van der Waals surface area contributed by atoms with Crippen LogP contribution in [-0.4, -0.2) is 23.0 Å². The van der Waals surface area contributed by atoms with Crippen LogP contribution in [0.25, 0.3) is 0 Å². The van der Waals surface area contributed by atoms with E-state index in [0.29, 0.717) is 11.3 Å². The van der Waals surface area contributed by atoms with E-state index in [1.54, 1.807) is 13.8 Å². The average Bonchev–Trinajstić information content (AvgIpc) is 2.72. The van der Waals surface area contributed by atoms with E-state index < -0.39 is 17.3 Å². The van der Waals surface area contributed by atoms with Crippen molar-refractivity contribution in [1.29, 1.82) is 5.26 Å². The third-order valence-corrected chi connectivity index (χ3v) is 4.94. The zero-order valence-electron chi connectivity index (χ0n) is 15.8. The Hall–Kier alpha value is -3.91. The van der Waals surface area contributed by atoms with Gasteiger partial charge in [0.15, 0.2) is 5.54 Å². The molecule has 1 aromatic heterocycles. The van der Waals surface area contributed by atoms with Crippen LogP contribution in [0.5, 0.6) is 0 Å². The van der Waals surface area contributed by atoms with Crippen molar-refractivity contribution in [2.45, 2.75) is 25.5 Å². The van der Waals surface area contributed by atoms with Gasteiger partial charge in [-0.05, 0) is 37.3 Å². The molecule has 7 nitrogen and oxygen atoms in total. The molecule has 29 heavy (non-hydrogen) atoms. The normalized spacial score (nSPS) is 23.1. The molecule has 3 rings (SSSR count). The lowest BCUT2D eigenvalue weighted by atomic mass is 9.76. The van der Waals surface area contributed by atoms with Crippen molar-refractivity contribution in [2.75, 3.05) is 5.32 Å². The molecule has 3 atom stereocenters. The van der Waals surface area contributed by atoms with E-state index in [1.807, 2.05) is 6.07 Å². The molecule has 1 amide bonds. The standard InChI is InChI=1S/C21H18FN5O2/c1-4-21(12(2)13(3)29-20(24)27-21)16-9-15(6-7-17(16)22)26-19(28)18-8-5-14(10-23)11-25-18/h1,5-9,11-13H,2-3H3,(H2,24,27)(H,26,28)/t12-,13+,21-/m0/s1. The van der Waals surface area contributed by atoms with Gasteiger partial charge in [-0.25, -0.2) is 14.4 Å². The lowest BCUT2D eigenvalue weighted by Gasteiger charge is -2.39. The number of aromatic nitrogens is 1. The van der Waals surface area contributed by atoms with Gasteiger partial charge in [0, 0.05) is 23.4 Å². The fourth-order valence-electron chi connectivity index (χ4n) is 3.17. The molecule has 8 heteroatoms. The molecule has 0 radical (unpaired) electrons. The lowest BCUT2D eigenvalue weighted by molar-refractivity contribution is 0.0852. The number of nitrogens with two attached hydrogens (primary N) is 1. The Morgan fingerprint density at radius 3 is 2.76 bits per heavy atom. The highest BCUT2D eigenvalue weighted by molar-refractivity contribution is 6.02. The Labute approximate surface area is 167 Å². The third-order valence-electron chi connectivity index (χ3n) is 4.94. The van der Waals surface area contributed by atoms with Crippen LogP contribution in [0.1, 0.15) is 35.5 Å². The van der Waals surface area contributed by atoms with E-state index in [9.17, 15) is 9.18 Å². The monoisotopic (exact) mass is 391 g/mol. The minimum Gasteiger partial charge on any atom is -0.462 e. The summed E-state index contributed by atoms with van der Waals surface area (Å²) in [7, 11) is 0. The predicted octanol–water partition coefficient (Wildman–Crippen LogP) is 2.54. The van der Waals surface area contributed by atoms with E-state index >= 15 is 0 Å². The molecule has 2 heterocycles. The second-order valence-electron chi connectivity index (χ2n) is 6.67.